The molecule has 1 heterocycles. The minimum Gasteiger partial charge on any atom is -0.356 e. The number of nitrogens with two attached hydrogens (primary N) is 1. The lowest BCUT2D eigenvalue weighted by Gasteiger charge is -2.06. The highest BCUT2D eigenvalue weighted by Crippen LogP contribution is 2.25. The Balaban J connectivity index is 1.24. The summed E-state index contributed by atoms with van der Waals surface area (Å²) in [7, 11) is 0. The van der Waals surface area contributed by atoms with Crippen LogP contribution in [0.1, 0.15) is 21.6 Å². The van der Waals surface area contributed by atoms with Crippen molar-refractivity contribution in [3.05, 3.63) is 114 Å². The zero-order valence-corrected chi connectivity index (χ0v) is 18.0. The molecule has 1 aromatic heterocycles. The molecule has 0 saturated heterocycles. The number of benzene rings is 4. The van der Waals surface area contributed by atoms with E-state index >= 15 is 0 Å². The van der Waals surface area contributed by atoms with Crippen molar-refractivity contribution in [2.75, 3.05) is 0 Å². The maximum absolute atomic E-state index is 12.6. The van der Waals surface area contributed by atoms with Gasteiger partial charge in [-0.3, -0.25) is 4.79 Å². The third kappa shape index (κ3) is 4.54. The van der Waals surface area contributed by atoms with E-state index < -0.39 is 0 Å². The molecule has 162 valence electrons. The van der Waals surface area contributed by atoms with Gasteiger partial charge in [0, 0.05) is 23.7 Å². The highest BCUT2D eigenvalue weighted by atomic mass is 16.5. The van der Waals surface area contributed by atoms with Crippen LogP contribution < -0.4 is 11.1 Å². The summed E-state index contributed by atoms with van der Waals surface area (Å²) in [6.07, 6.45) is 0. The summed E-state index contributed by atoms with van der Waals surface area (Å²) in [4.78, 5) is 12.6. The normalized spacial score (nSPS) is 10.9. The van der Waals surface area contributed by atoms with Gasteiger partial charge in [0.2, 0.25) is 0 Å². The van der Waals surface area contributed by atoms with E-state index in [1.54, 1.807) is 0 Å². The van der Waals surface area contributed by atoms with Crippen LogP contribution in [0.3, 0.4) is 0 Å². The minimum absolute atomic E-state index is 0.160. The van der Waals surface area contributed by atoms with Crippen molar-refractivity contribution < 1.29 is 9.32 Å². The molecule has 0 atom stereocenters. The zero-order valence-electron chi connectivity index (χ0n) is 18.0. The maximum atomic E-state index is 12.6. The van der Waals surface area contributed by atoms with Crippen molar-refractivity contribution in [3.63, 3.8) is 0 Å². The van der Waals surface area contributed by atoms with Crippen LogP contribution >= 0.6 is 0 Å². The quantitative estimate of drug-likeness (QED) is 0.368. The number of carbonyl (C=O) groups is 1. The fourth-order valence-corrected chi connectivity index (χ4v) is 3.84. The number of nitrogens with zero attached hydrogens (tertiary/aromatic N) is 1. The zero-order chi connectivity index (χ0) is 22.6. The molecule has 0 unspecified atom stereocenters. The number of rotatable bonds is 6. The number of hydrogen-bond donors (Lipinski definition) is 2. The van der Waals surface area contributed by atoms with Crippen molar-refractivity contribution in [3.8, 4) is 22.5 Å². The molecule has 0 fully saturated rings. The minimum atomic E-state index is -0.160. The largest absolute Gasteiger partial charge is 0.356 e. The lowest BCUT2D eigenvalue weighted by molar-refractivity contribution is 0.0950. The number of carbonyl (C=O) groups excluding carboxylic acids is 1. The second-order valence-corrected chi connectivity index (χ2v) is 7.91. The molecule has 5 heteroatoms. The first-order valence-corrected chi connectivity index (χ1v) is 10.8. The smallest absolute Gasteiger partial charge is 0.251 e. The molecule has 5 nitrogen and oxygen atoms in total. The van der Waals surface area contributed by atoms with Crippen LogP contribution in [0, 0.1) is 0 Å². The first kappa shape index (κ1) is 20.7. The molecule has 0 saturated carbocycles. The molecule has 5 rings (SSSR count). The van der Waals surface area contributed by atoms with Crippen LogP contribution in [-0.4, -0.2) is 11.1 Å². The fourth-order valence-electron chi connectivity index (χ4n) is 3.84. The third-order valence-corrected chi connectivity index (χ3v) is 5.67. The average molecular weight is 434 g/mol. The lowest BCUT2D eigenvalue weighted by atomic mass is 10.0. The molecule has 3 N–H and O–H groups in total. The van der Waals surface area contributed by atoms with Gasteiger partial charge in [-0.05, 0) is 51.7 Å². The monoisotopic (exact) mass is 433 g/mol. The summed E-state index contributed by atoms with van der Waals surface area (Å²) in [5.74, 6) is 0.515. The molecule has 4 aromatic carbocycles. The topological polar surface area (TPSA) is 81.2 Å². The summed E-state index contributed by atoms with van der Waals surface area (Å²) >= 11 is 0. The van der Waals surface area contributed by atoms with Gasteiger partial charge in [0.15, 0.2) is 5.76 Å². The van der Waals surface area contributed by atoms with Gasteiger partial charge in [-0.15, -0.1) is 0 Å². The molecule has 5 aromatic rings. The Hall–Kier alpha value is -4.22. The fraction of sp³-hybridized carbons (Fsp3) is 0.0714. The van der Waals surface area contributed by atoms with Gasteiger partial charge >= 0.3 is 0 Å². The maximum Gasteiger partial charge on any atom is 0.251 e. The van der Waals surface area contributed by atoms with E-state index in [0.717, 1.165) is 27.6 Å². The molecular formula is C28H23N3O2. The molecule has 0 aliphatic carbocycles. The van der Waals surface area contributed by atoms with Gasteiger partial charge in [-0.2, -0.15) is 0 Å². The summed E-state index contributed by atoms with van der Waals surface area (Å²) < 4.78 is 5.51. The summed E-state index contributed by atoms with van der Waals surface area (Å²) in [6.45, 7) is 0.787. The molecule has 0 radical (unpaired) electrons. The Labute approximate surface area is 191 Å². The molecular weight excluding hydrogens is 410 g/mol. The summed E-state index contributed by atoms with van der Waals surface area (Å²) in [5.41, 5.74) is 11.1. The Bertz CT molecular complexity index is 1420. The number of aromatic nitrogens is 1. The van der Waals surface area contributed by atoms with Gasteiger partial charge < -0.3 is 15.6 Å². The van der Waals surface area contributed by atoms with Crippen LogP contribution in [0.15, 0.2) is 102 Å². The van der Waals surface area contributed by atoms with Gasteiger partial charge in [-0.1, -0.05) is 71.9 Å². The summed E-state index contributed by atoms with van der Waals surface area (Å²) in [5, 5.41) is 9.33. The Morgan fingerprint density at radius 3 is 2.39 bits per heavy atom. The molecule has 33 heavy (non-hydrogen) atoms. The van der Waals surface area contributed by atoms with Crippen LogP contribution in [0.2, 0.25) is 0 Å². The van der Waals surface area contributed by atoms with Crippen molar-refractivity contribution in [1.82, 2.24) is 10.5 Å². The average Bonchev–Trinajstić information content (AvgIpc) is 3.36. The highest BCUT2D eigenvalue weighted by molar-refractivity contribution is 5.94. The van der Waals surface area contributed by atoms with E-state index in [0.29, 0.717) is 23.6 Å². The van der Waals surface area contributed by atoms with Gasteiger partial charge in [0.05, 0.1) is 6.54 Å². The van der Waals surface area contributed by atoms with Gasteiger partial charge in [0.1, 0.15) is 5.69 Å². The van der Waals surface area contributed by atoms with E-state index in [1.165, 1.54) is 5.39 Å². The molecule has 0 spiro atoms. The van der Waals surface area contributed by atoms with Crippen molar-refractivity contribution in [2.45, 2.75) is 13.1 Å². The first-order valence-electron chi connectivity index (χ1n) is 10.8. The number of nitrogens with one attached hydrogen (secondary N) is 1. The second kappa shape index (κ2) is 9.10. The van der Waals surface area contributed by atoms with Crippen molar-refractivity contribution >= 4 is 16.7 Å². The molecule has 0 aliphatic heterocycles. The van der Waals surface area contributed by atoms with E-state index in [2.05, 4.69) is 40.8 Å². The molecule has 1 amide bonds. The summed E-state index contributed by atoms with van der Waals surface area (Å²) in [6, 6.07) is 31.8. The molecule has 0 bridgehead atoms. The predicted molar refractivity (Wildman–Crippen MR) is 130 cm³/mol. The Morgan fingerprint density at radius 2 is 1.58 bits per heavy atom. The van der Waals surface area contributed by atoms with Gasteiger partial charge in [0.25, 0.3) is 5.91 Å². The first-order chi connectivity index (χ1) is 16.2. The van der Waals surface area contributed by atoms with Crippen LogP contribution in [0.5, 0.6) is 0 Å². The van der Waals surface area contributed by atoms with E-state index in [9.17, 15) is 4.79 Å². The van der Waals surface area contributed by atoms with Gasteiger partial charge in [-0.25, -0.2) is 0 Å². The number of amides is 1. The van der Waals surface area contributed by atoms with E-state index in [4.69, 9.17) is 10.3 Å². The molecule has 0 aliphatic rings. The SMILES string of the molecule is NCc1cccc(-c2ccc(C(=O)NCc3cc(-c4ccc5ccccc5c4)on3)cc2)c1. The Kier molecular flexibility index (Phi) is 5.70. The lowest BCUT2D eigenvalue weighted by Crippen LogP contribution is -2.22. The standard InChI is InChI=1S/C28H23N3O2/c29-17-19-4-3-7-23(14-19)21-8-11-22(12-9-21)28(32)30-18-26-16-27(33-31-26)25-13-10-20-5-1-2-6-24(20)15-25/h1-16H,17-18,29H2,(H,30,32). The van der Waals surface area contributed by atoms with Crippen molar-refractivity contribution in [2.24, 2.45) is 5.73 Å². The number of fused-ring (bicyclic) bond motifs is 1. The van der Waals surface area contributed by atoms with Crippen molar-refractivity contribution in [1.29, 1.82) is 0 Å². The predicted octanol–water partition coefficient (Wildman–Crippen LogP) is 5.55. The van der Waals surface area contributed by atoms with E-state index in [-0.39, 0.29) is 12.5 Å². The van der Waals surface area contributed by atoms with Crippen LogP contribution in [-0.2, 0) is 13.1 Å². The van der Waals surface area contributed by atoms with E-state index in [1.807, 2.05) is 66.7 Å². The Morgan fingerprint density at radius 1 is 0.788 bits per heavy atom. The van der Waals surface area contributed by atoms with Crippen LogP contribution in [0.25, 0.3) is 33.2 Å². The number of hydrogen-bond acceptors (Lipinski definition) is 4. The van der Waals surface area contributed by atoms with Crippen LogP contribution in [0.4, 0.5) is 0 Å². The third-order valence-electron chi connectivity index (χ3n) is 5.67. The highest BCUT2D eigenvalue weighted by Gasteiger charge is 2.11. The second-order valence-electron chi connectivity index (χ2n) is 7.91.